The van der Waals surface area contributed by atoms with Gasteiger partial charge in [-0.3, -0.25) is 0 Å². The number of carbonyl (C=O) groups is 1. The van der Waals surface area contributed by atoms with Crippen LogP contribution in [0.4, 0.5) is 0 Å². The van der Waals surface area contributed by atoms with E-state index in [1.807, 2.05) is 0 Å². The first-order chi connectivity index (χ1) is 8.20. The molecule has 3 nitrogen and oxygen atoms in total. The maximum absolute atomic E-state index is 10.9. The number of aliphatic hydroxyl groups excluding tert-OH is 1. The zero-order chi connectivity index (χ0) is 12.9. The van der Waals surface area contributed by atoms with Crippen LogP contribution in [0.3, 0.4) is 0 Å². The molecule has 0 aliphatic carbocycles. The Bertz CT molecular complexity index is 250. The molecular weight excluding hydrogens is 216 g/mol. The molecule has 0 radical (unpaired) electrons. The zero-order valence-electron chi connectivity index (χ0n) is 11.0. The van der Waals surface area contributed by atoms with Gasteiger partial charge in [-0.1, -0.05) is 44.9 Å². The minimum atomic E-state index is -0.511. The van der Waals surface area contributed by atoms with Gasteiger partial charge in [0.1, 0.15) is 0 Å². The minimum Gasteiger partial charge on any atom is -0.456 e. The molecule has 0 aliphatic rings. The third kappa shape index (κ3) is 11.3. The molecule has 0 unspecified atom stereocenters. The van der Waals surface area contributed by atoms with Gasteiger partial charge in [-0.2, -0.15) is 0 Å². The maximum atomic E-state index is 10.9. The molecule has 0 aromatic heterocycles. The maximum Gasteiger partial charge on any atom is 0.384 e. The van der Waals surface area contributed by atoms with Crippen molar-refractivity contribution < 1.29 is 14.6 Å². The Morgan fingerprint density at radius 1 is 1.24 bits per heavy atom. The van der Waals surface area contributed by atoms with Crippen LogP contribution in [0.15, 0.2) is 0 Å². The molecule has 0 aromatic rings. The van der Waals surface area contributed by atoms with Crippen molar-refractivity contribution in [1.82, 2.24) is 0 Å². The predicted octanol–water partition coefficient (Wildman–Crippen LogP) is 2.66. The molecule has 17 heavy (non-hydrogen) atoms. The number of hydrogen-bond acceptors (Lipinski definition) is 3. The highest BCUT2D eigenvalue weighted by Gasteiger charge is 2.01. The molecule has 98 valence electrons. The third-order valence-corrected chi connectivity index (χ3v) is 2.44. The van der Waals surface area contributed by atoms with Crippen molar-refractivity contribution in [3.63, 3.8) is 0 Å². The summed E-state index contributed by atoms with van der Waals surface area (Å²) >= 11 is 0. The smallest absolute Gasteiger partial charge is 0.384 e. The number of rotatable bonds is 8. The topological polar surface area (TPSA) is 46.5 Å². The first kappa shape index (κ1) is 16.0. The second-order valence-corrected chi connectivity index (χ2v) is 4.08. The lowest BCUT2D eigenvalue weighted by Gasteiger charge is -2.05. The van der Waals surface area contributed by atoms with Crippen LogP contribution in [-0.4, -0.2) is 23.8 Å². The molecule has 0 saturated heterocycles. The highest BCUT2D eigenvalue weighted by atomic mass is 16.5. The Morgan fingerprint density at radius 3 is 2.59 bits per heavy atom. The lowest BCUT2D eigenvalue weighted by molar-refractivity contribution is -0.136. The Hall–Kier alpha value is -1.01. The molecular formula is C14H24O3. The summed E-state index contributed by atoms with van der Waals surface area (Å²) in [5.74, 6) is 4.49. The number of unbranched alkanes of at least 4 members (excludes halogenated alkanes) is 4. The van der Waals surface area contributed by atoms with Crippen LogP contribution < -0.4 is 0 Å². The normalized spacial score (nSPS) is 11.5. The lowest BCUT2D eigenvalue weighted by atomic mass is 10.1. The average Bonchev–Trinajstić information content (AvgIpc) is 2.29. The lowest BCUT2D eigenvalue weighted by Crippen LogP contribution is -2.05. The second kappa shape index (κ2) is 11.5. The highest BCUT2D eigenvalue weighted by Crippen LogP contribution is 2.08. The van der Waals surface area contributed by atoms with E-state index in [-0.39, 0.29) is 0 Å². The summed E-state index contributed by atoms with van der Waals surface area (Å²) in [5, 5.41) is 9.59. The summed E-state index contributed by atoms with van der Waals surface area (Å²) in [6, 6.07) is 0. The molecule has 3 heteroatoms. The first-order valence-electron chi connectivity index (χ1n) is 6.54. The molecule has 0 bridgehead atoms. The van der Waals surface area contributed by atoms with Crippen LogP contribution in [0.25, 0.3) is 0 Å². The van der Waals surface area contributed by atoms with E-state index < -0.39 is 12.1 Å². The molecule has 0 aromatic carbocycles. The fraction of sp³-hybridized carbons (Fsp3) is 0.786. The van der Waals surface area contributed by atoms with E-state index in [4.69, 9.17) is 0 Å². The van der Waals surface area contributed by atoms with Gasteiger partial charge < -0.3 is 9.84 Å². The Kier molecular flexibility index (Phi) is 10.8. The highest BCUT2D eigenvalue weighted by molar-refractivity contribution is 5.88. The van der Waals surface area contributed by atoms with Gasteiger partial charge in [0.15, 0.2) is 0 Å². The van der Waals surface area contributed by atoms with Crippen molar-refractivity contribution in [1.29, 1.82) is 0 Å². The molecule has 0 heterocycles. The number of ether oxygens (including phenoxy) is 1. The molecule has 0 amide bonds. The van der Waals surface area contributed by atoms with Crippen molar-refractivity contribution >= 4 is 5.97 Å². The van der Waals surface area contributed by atoms with E-state index in [0.29, 0.717) is 13.0 Å². The van der Waals surface area contributed by atoms with Crippen LogP contribution in [0.1, 0.15) is 58.8 Å². The number of hydrogen-bond donors (Lipinski definition) is 1. The minimum absolute atomic E-state index is 0.341. The Morgan fingerprint density at radius 2 is 1.94 bits per heavy atom. The molecule has 0 spiro atoms. The zero-order valence-corrected chi connectivity index (χ0v) is 11.0. The van der Waals surface area contributed by atoms with Gasteiger partial charge in [0.25, 0.3) is 0 Å². The number of esters is 1. The molecule has 1 atom stereocenters. The van der Waals surface area contributed by atoms with Crippen molar-refractivity contribution in [2.75, 3.05) is 6.61 Å². The Labute approximate surface area is 105 Å². The summed E-state index contributed by atoms with van der Waals surface area (Å²) in [7, 11) is 0. The number of aliphatic hydroxyl groups is 1. The van der Waals surface area contributed by atoms with Crippen LogP contribution >= 0.6 is 0 Å². The fourth-order valence-corrected chi connectivity index (χ4v) is 1.49. The second-order valence-electron chi connectivity index (χ2n) is 4.08. The van der Waals surface area contributed by atoms with Crippen LogP contribution in [0, 0.1) is 11.8 Å². The monoisotopic (exact) mass is 240 g/mol. The summed E-state index contributed by atoms with van der Waals surface area (Å²) < 4.78 is 4.65. The first-order valence-corrected chi connectivity index (χ1v) is 6.54. The Balaban J connectivity index is 3.51. The van der Waals surface area contributed by atoms with Gasteiger partial charge in [-0.15, -0.1) is 0 Å². The van der Waals surface area contributed by atoms with E-state index in [9.17, 15) is 9.90 Å². The molecule has 1 N–H and O–H groups in total. The van der Waals surface area contributed by atoms with Gasteiger partial charge in [0, 0.05) is 12.3 Å². The van der Waals surface area contributed by atoms with Crippen molar-refractivity contribution in [3.8, 4) is 11.8 Å². The summed E-state index contributed by atoms with van der Waals surface area (Å²) in [4.78, 5) is 10.9. The molecule has 0 rings (SSSR count). The van der Waals surface area contributed by atoms with Crippen LogP contribution in [0.2, 0.25) is 0 Å². The summed E-state index contributed by atoms with van der Waals surface area (Å²) in [6.07, 6.45) is 6.62. The molecule has 0 aliphatic heterocycles. The van der Waals surface area contributed by atoms with E-state index in [0.717, 1.165) is 19.3 Å². The van der Waals surface area contributed by atoms with Gasteiger partial charge in [0.05, 0.1) is 12.7 Å². The fourth-order valence-electron chi connectivity index (χ4n) is 1.49. The van der Waals surface area contributed by atoms with E-state index in [2.05, 4.69) is 23.5 Å². The third-order valence-electron chi connectivity index (χ3n) is 2.44. The van der Waals surface area contributed by atoms with Crippen LogP contribution in [0.5, 0.6) is 0 Å². The van der Waals surface area contributed by atoms with Crippen molar-refractivity contribution in [2.45, 2.75) is 64.9 Å². The van der Waals surface area contributed by atoms with Crippen LogP contribution in [-0.2, 0) is 9.53 Å². The SMILES string of the molecule is CCCCCCC[C@H](O)CC#CC(=O)OCC. The van der Waals surface area contributed by atoms with Gasteiger partial charge in [-0.05, 0) is 13.3 Å². The van der Waals surface area contributed by atoms with E-state index in [1.165, 1.54) is 19.3 Å². The van der Waals surface area contributed by atoms with Crippen molar-refractivity contribution in [2.24, 2.45) is 0 Å². The molecule has 0 saturated carbocycles. The van der Waals surface area contributed by atoms with Gasteiger partial charge in [0.2, 0.25) is 0 Å². The van der Waals surface area contributed by atoms with E-state index in [1.54, 1.807) is 6.92 Å². The van der Waals surface area contributed by atoms with Crippen molar-refractivity contribution in [3.05, 3.63) is 0 Å². The van der Waals surface area contributed by atoms with Gasteiger partial charge >= 0.3 is 5.97 Å². The quantitative estimate of drug-likeness (QED) is 0.307. The average molecular weight is 240 g/mol. The largest absolute Gasteiger partial charge is 0.456 e. The predicted molar refractivity (Wildman–Crippen MR) is 68.4 cm³/mol. The van der Waals surface area contributed by atoms with Gasteiger partial charge in [-0.25, -0.2) is 4.79 Å². The molecule has 0 fully saturated rings. The summed E-state index contributed by atoms with van der Waals surface area (Å²) in [6.45, 7) is 4.26. The van der Waals surface area contributed by atoms with E-state index >= 15 is 0 Å². The standard InChI is InChI=1S/C14H24O3/c1-3-5-6-7-8-10-13(15)11-9-12-14(16)17-4-2/h13,15H,3-8,10-11H2,1-2H3/t13-/m0/s1. The number of carbonyl (C=O) groups excluding carboxylic acids is 1. The summed E-state index contributed by atoms with van der Waals surface area (Å²) in [5.41, 5.74) is 0.